The van der Waals surface area contributed by atoms with Crippen LogP contribution in [0.15, 0.2) is 79.0 Å². The molecule has 0 aliphatic carbocycles. The fraction of sp³-hybridized carbons (Fsp3) is 0.174. The highest BCUT2D eigenvalue weighted by Gasteiger charge is 2.30. The van der Waals surface area contributed by atoms with E-state index in [4.69, 9.17) is 11.6 Å². The van der Waals surface area contributed by atoms with Gasteiger partial charge in [0.15, 0.2) is 12.0 Å². The molecule has 0 aliphatic heterocycles. The second-order valence-electron chi connectivity index (χ2n) is 6.72. The van der Waals surface area contributed by atoms with E-state index >= 15 is 0 Å². The summed E-state index contributed by atoms with van der Waals surface area (Å²) in [5.74, 6) is -1.17. The molecule has 2 aromatic carbocycles. The second-order valence-corrected chi connectivity index (χ2v) is 7.15. The second kappa shape index (κ2) is 8.81. The molecule has 3 aromatic rings. The highest BCUT2D eigenvalue weighted by atomic mass is 35.5. The number of hydrogen-bond donors (Lipinski definition) is 0. The van der Waals surface area contributed by atoms with Gasteiger partial charge in [0, 0.05) is 41.0 Å². The summed E-state index contributed by atoms with van der Waals surface area (Å²) in [7, 11) is 0. The third-order valence-electron chi connectivity index (χ3n) is 4.89. The van der Waals surface area contributed by atoms with Gasteiger partial charge in [-0.1, -0.05) is 61.0 Å². The Labute approximate surface area is 169 Å². The smallest absolute Gasteiger partial charge is 0.259 e. The summed E-state index contributed by atoms with van der Waals surface area (Å²) >= 11 is 6.00. The number of hydrogen-bond acceptors (Lipinski definition) is 3. The lowest BCUT2D eigenvalue weighted by molar-refractivity contribution is -0.607. The van der Waals surface area contributed by atoms with E-state index in [9.17, 15) is 14.8 Å². The zero-order chi connectivity index (χ0) is 20.1. The van der Waals surface area contributed by atoms with E-state index in [1.165, 1.54) is 12.3 Å². The van der Waals surface area contributed by atoms with Crippen molar-refractivity contribution in [1.82, 2.24) is 0 Å². The number of Topliss-reactive ketones (excluding diaryl/α,β-unsaturated/α-hetero) is 2. The summed E-state index contributed by atoms with van der Waals surface area (Å²) in [6.07, 6.45) is 1.34. The number of aromatic nitrogens is 1. The van der Waals surface area contributed by atoms with Crippen LogP contribution in [-0.4, -0.2) is 11.6 Å². The van der Waals surface area contributed by atoms with Crippen LogP contribution in [0.25, 0.3) is 0 Å². The van der Waals surface area contributed by atoms with Gasteiger partial charge >= 0.3 is 0 Å². The lowest BCUT2D eigenvalue weighted by Crippen LogP contribution is -2.35. The van der Waals surface area contributed by atoms with Crippen molar-refractivity contribution >= 4 is 23.2 Å². The van der Waals surface area contributed by atoms with Gasteiger partial charge in [-0.3, -0.25) is 9.59 Å². The Morgan fingerprint density at radius 3 is 2.25 bits per heavy atom. The van der Waals surface area contributed by atoms with Crippen molar-refractivity contribution in [2.24, 2.45) is 5.92 Å². The Bertz CT molecular complexity index is 971. The van der Waals surface area contributed by atoms with Crippen LogP contribution in [0.1, 0.15) is 45.7 Å². The predicted octanol–water partition coefficient (Wildman–Crippen LogP) is 4.85. The van der Waals surface area contributed by atoms with E-state index in [1.807, 2.05) is 37.3 Å². The highest BCUT2D eigenvalue weighted by molar-refractivity contribution is 6.30. The van der Waals surface area contributed by atoms with Crippen molar-refractivity contribution in [2.75, 3.05) is 0 Å². The molecule has 0 amide bonds. The third kappa shape index (κ3) is 4.46. The molecule has 0 saturated heterocycles. The summed E-state index contributed by atoms with van der Waals surface area (Å²) in [6.45, 7) is 1.82. The summed E-state index contributed by atoms with van der Waals surface area (Å²) in [5.41, 5.74) is 1.50. The van der Waals surface area contributed by atoms with Crippen molar-refractivity contribution in [1.29, 1.82) is 0 Å². The first-order valence-corrected chi connectivity index (χ1v) is 9.41. The number of ketones is 2. The molecule has 28 heavy (non-hydrogen) atoms. The Morgan fingerprint density at radius 2 is 1.61 bits per heavy atom. The van der Waals surface area contributed by atoms with Crippen molar-refractivity contribution < 1.29 is 14.3 Å². The largest absolute Gasteiger partial charge is 0.618 e. The molecule has 0 bridgehead atoms. The van der Waals surface area contributed by atoms with Crippen molar-refractivity contribution in [3.8, 4) is 0 Å². The zero-order valence-electron chi connectivity index (χ0n) is 15.4. The van der Waals surface area contributed by atoms with Gasteiger partial charge in [0.2, 0.25) is 5.78 Å². The van der Waals surface area contributed by atoms with Gasteiger partial charge in [-0.2, -0.15) is 4.73 Å². The van der Waals surface area contributed by atoms with Crippen LogP contribution in [0.4, 0.5) is 0 Å². The minimum absolute atomic E-state index is 0.0450. The van der Waals surface area contributed by atoms with E-state index in [0.717, 1.165) is 5.56 Å². The lowest BCUT2D eigenvalue weighted by Gasteiger charge is -2.23. The number of carbonyl (C=O) groups excluding carboxylic acids is 2. The first kappa shape index (κ1) is 19.8. The van der Waals surface area contributed by atoms with E-state index in [1.54, 1.807) is 36.4 Å². The summed E-state index contributed by atoms with van der Waals surface area (Å²) < 4.78 is 0.560. The third-order valence-corrected chi connectivity index (χ3v) is 5.14. The standard InChI is InChI=1S/C23H20ClNO3/c1-16(23(27)18-7-3-2-4-8-18)20(17-10-12-19(24)13-11-17)15-22(26)21-9-5-6-14-25(21)28/h2-14,16,20H,15H2,1H3/t16?,20-/m0/s1. The summed E-state index contributed by atoms with van der Waals surface area (Å²) in [4.78, 5) is 25.8. The molecule has 0 spiro atoms. The number of benzene rings is 2. The van der Waals surface area contributed by atoms with Gasteiger partial charge in [0.25, 0.3) is 5.69 Å². The van der Waals surface area contributed by atoms with Gasteiger partial charge in [-0.25, -0.2) is 0 Å². The minimum Gasteiger partial charge on any atom is -0.618 e. The first-order valence-electron chi connectivity index (χ1n) is 9.03. The quantitative estimate of drug-likeness (QED) is 0.327. The van der Waals surface area contributed by atoms with Gasteiger partial charge in [0.1, 0.15) is 0 Å². The zero-order valence-corrected chi connectivity index (χ0v) is 16.2. The van der Waals surface area contributed by atoms with Crippen LogP contribution < -0.4 is 4.73 Å². The number of nitrogens with zero attached hydrogens (tertiary/aromatic N) is 1. The van der Waals surface area contributed by atoms with Crippen LogP contribution in [-0.2, 0) is 0 Å². The average Bonchev–Trinajstić information content (AvgIpc) is 2.72. The van der Waals surface area contributed by atoms with Crippen LogP contribution >= 0.6 is 11.6 Å². The van der Waals surface area contributed by atoms with Gasteiger partial charge in [-0.05, 0) is 23.8 Å². The normalized spacial score (nSPS) is 12.9. The molecular weight excluding hydrogens is 374 g/mol. The van der Waals surface area contributed by atoms with Crippen LogP contribution in [0, 0.1) is 11.1 Å². The lowest BCUT2D eigenvalue weighted by atomic mass is 9.79. The molecule has 0 radical (unpaired) electrons. The number of pyridine rings is 1. The molecule has 1 aromatic heterocycles. The number of rotatable bonds is 7. The summed E-state index contributed by atoms with van der Waals surface area (Å²) in [6, 6.07) is 20.9. The Kier molecular flexibility index (Phi) is 6.22. The number of halogens is 1. The van der Waals surface area contributed by atoms with Crippen LogP contribution in [0.3, 0.4) is 0 Å². The van der Waals surface area contributed by atoms with Crippen molar-refractivity contribution in [3.05, 3.63) is 106 Å². The maximum Gasteiger partial charge on any atom is 0.259 e. The maximum atomic E-state index is 13.0. The van der Waals surface area contributed by atoms with Gasteiger partial charge in [-0.15, -0.1) is 0 Å². The SMILES string of the molecule is CC(C(=O)c1ccccc1)[C@H](CC(=O)c1cccc[n+]1[O-])c1ccc(Cl)cc1. The molecule has 3 rings (SSSR count). The molecular formula is C23H20ClNO3. The van der Waals surface area contributed by atoms with Crippen LogP contribution in [0.5, 0.6) is 0 Å². The molecule has 0 aliphatic rings. The molecule has 0 saturated carbocycles. The minimum atomic E-state index is -0.448. The Balaban J connectivity index is 1.93. The molecule has 0 fully saturated rings. The molecule has 2 atom stereocenters. The predicted molar refractivity (Wildman–Crippen MR) is 108 cm³/mol. The molecule has 5 heteroatoms. The molecule has 142 valence electrons. The number of carbonyl (C=O) groups is 2. The molecule has 1 heterocycles. The maximum absolute atomic E-state index is 13.0. The molecule has 0 N–H and O–H groups in total. The molecule has 1 unspecified atom stereocenters. The van der Waals surface area contributed by atoms with Gasteiger partial charge in [0.05, 0.1) is 0 Å². The van der Waals surface area contributed by atoms with E-state index in [2.05, 4.69) is 0 Å². The average molecular weight is 394 g/mol. The topological polar surface area (TPSA) is 61.1 Å². The Morgan fingerprint density at radius 1 is 0.964 bits per heavy atom. The van der Waals surface area contributed by atoms with Gasteiger partial charge < -0.3 is 5.21 Å². The fourth-order valence-electron chi connectivity index (χ4n) is 3.29. The van der Waals surface area contributed by atoms with Crippen LogP contribution in [0.2, 0.25) is 5.02 Å². The monoisotopic (exact) mass is 393 g/mol. The van der Waals surface area contributed by atoms with E-state index in [-0.39, 0.29) is 29.6 Å². The van der Waals surface area contributed by atoms with E-state index in [0.29, 0.717) is 15.3 Å². The van der Waals surface area contributed by atoms with E-state index < -0.39 is 5.92 Å². The van der Waals surface area contributed by atoms with Crippen molar-refractivity contribution in [3.63, 3.8) is 0 Å². The summed E-state index contributed by atoms with van der Waals surface area (Å²) in [5, 5.41) is 12.5. The first-order chi connectivity index (χ1) is 13.5. The molecule has 4 nitrogen and oxygen atoms in total. The fourth-order valence-corrected chi connectivity index (χ4v) is 3.42. The highest BCUT2D eigenvalue weighted by Crippen LogP contribution is 2.32. The van der Waals surface area contributed by atoms with Crippen molar-refractivity contribution in [2.45, 2.75) is 19.3 Å². The Hall–Kier alpha value is -2.98.